The summed E-state index contributed by atoms with van der Waals surface area (Å²) in [5, 5.41) is 10.1. The maximum Gasteiger partial charge on any atom is 0.0715 e. The van der Waals surface area contributed by atoms with E-state index >= 15 is 0 Å². The molecule has 3 unspecified atom stereocenters. The fourth-order valence-electron chi connectivity index (χ4n) is 2.13. The molecule has 1 aliphatic heterocycles. The van der Waals surface area contributed by atoms with E-state index < -0.39 is 0 Å². The summed E-state index contributed by atoms with van der Waals surface area (Å²) in [5.41, 5.74) is 0.000402. The third-order valence-corrected chi connectivity index (χ3v) is 3.65. The minimum absolute atomic E-state index is 0.000402. The second kappa shape index (κ2) is 4.84. The highest BCUT2D eigenvalue weighted by atomic mass is 16.3. The number of hydrogen-bond donors (Lipinski definition) is 1. The average molecular weight is 213 g/mol. The standard InChI is InChI=1S/C13H27NO/c1-10-6-7-11(2)14(8-10)9-12(15)13(3,4)5/h10-12,15H,6-9H2,1-5H3. The van der Waals surface area contributed by atoms with Crippen LogP contribution >= 0.6 is 0 Å². The van der Waals surface area contributed by atoms with Crippen LogP contribution in [0.3, 0.4) is 0 Å². The first-order valence-corrected chi connectivity index (χ1v) is 6.23. The molecule has 0 bridgehead atoms. The summed E-state index contributed by atoms with van der Waals surface area (Å²) in [6.45, 7) is 12.9. The van der Waals surface area contributed by atoms with Crippen LogP contribution in [0, 0.1) is 11.3 Å². The molecule has 15 heavy (non-hydrogen) atoms. The second-order valence-corrected chi connectivity index (χ2v) is 6.37. The number of rotatable bonds is 2. The minimum atomic E-state index is -0.217. The average Bonchev–Trinajstić information content (AvgIpc) is 2.09. The van der Waals surface area contributed by atoms with Crippen molar-refractivity contribution in [3.63, 3.8) is 0 Å². The van der Waals surface area contributed by atoms with Crippen molar-refractivity contribution < 1.29 is 5.11 Å². The van der Waals surface area contributed by atoms with Crippen molar-refractivity contribution in [1.29, 1.82) is 0 Å². The van der Waals surface area contributed by atoms with Crippen molar-refractivity contribution in [2.45, 2.75) is 59.6 Å². The number of aliphatic hydroxyl groups is 1. The zero-order valence-corrected chi connectivity index (χ0v) is 11.0. The Kier molecular flexibility index (Phi) is 4.19. The van der Waals surface area contributed by atoms with Crippen molar-refractivity contribution in [1.82, 2.24) is 4.90 Å². The van der Waals surface area contributed by atoms with Crippen LogP contribution < -0.4 is 0 Å². The highest BCUT2D eigenvalue weighted by Crippen LogP contribution is 2.25. The lowest BCUT2D eigenvalue weighted by Crippen LogP contribution is -2.47. The Balaban J connectivity index is 2.49. The predicted molar refractivity (Wildman–Crippen MR) is 64.9 cm³/mol. The highest BCUT2D eigenvalue weighted by Gasteiger charge is 2.29. The van der Waals surface area contributed by atoms with E-state index in [1.165, 1.54) is 12.8 Å². The molecule has 0 aliphatic carbocycles. The summed E-state index contributed by atoms with van der Waals surface area (Å²) < 4.78 is 0. The minimum Gasteiger partial charge on any atom is -0.391 e. The monoisotopic (exact) mass is 213 g/mol. The highest BCUT2D eigenvalue weighted by molar-refractivity contribution is 4.82. The fraction of sp³-hybridized carbons (Fsp3) is 1.00. The van der Waals surface area contributed by atoms with Gasteiger partial charge in [-0.05, 0) is 31.1 Å². The van der Waals surface area contributed by atoms with Crippen LogP contribution in [0.1, 0.15) is 47.5 Å². The van der Waals surface area contributed by atoms with Crippen molar-refractivity contribution in [3.05, 3.63) is 0 Å². The van der Waals surface area contributed by atoms with E-state index in [0.29, 0.717) is 6.04 Å². The molecular weight excluding hydrogens is 186 g/mol. The number of β-amino-alcohol motifs (C(OH)–C–C–N with tert-alkyl or cyclic N) is 1. The molecule has 1 heterocycles. The molecule has 1 saturated heterocycles. The smallest absolute Gasteiger partial charge is 0.0715 e. The first-order valence-electron chi connectivity index (χ1n) is 6.23. The SMILES string of the molecule is CC1CCC(C)N(CC(O)C(C)(C)C)C1. The van der Waals surface area contributed by atoms with Gasteiger partial charge in [0.15, 0.2) is 0 Å². The van der Waals surface area contributed by atoms with Crippen LogP contribution in [0.4, 0.5) is 0 Å². The molecule has 0 amide bonds. The Hall–Kier alpha value is -0.0800. The molecule has 2 heteroatoms. The molecule has 3 atom stereocenters. The van der Waals surface area contributed by atoms with E-state index in [1.54, 1.807) is 0 Å². The maximum atomic E-state index is 10.1. The lowest BCUT2D eigenvalue weighted by molar-refractivity contribution is 0.00192. The third kappa shape index (κ3) is 3.76. The van der Waals surface area contributed by atoms with E-state index in [-0.39, 0.29) is 11.5 Å². The third-order valence-electron chi connectivity index (χ3n) is 3.65. The second-order valence-electron chi connectivity index (χ2n) is 6.37. The van der Waals surface area contributed by atoms with Crippen LogP contribution in [0.15, 0.2) is 0 Å². The van der Waals surface area contributed by atoms with E-state index in [1.807, 2.05) is 0 Å². The van der Waals surface area contributed by atoms with Gasteiger partial charge in [0.2, 0.25) is 0 Å². The quantitative estimate of drug-likeness (QED) is 0.762. The number of aliphatic hydroxyl groups excluding tert-OH is 1. The van der Waals surface area contributed by atoms with Gasteiger partial charge in [0.25, 0.3) is 0 Å². The van der Waals surface area contributed by atoms with Crippen LogP contribution in [-0.4, -0.2) is 35.2 Å². The number of nitrogens with zero attached hydrogens (tertiary/aromatic N) is 1. The molecule has 0 aromatic heterocycles. The number of likely N-dealkylation sites (tertiary alicyclic amines) is 1. The van der Waals surface area contributed by atoms with Gasteiger partial charge in [-0.2, -0.15) is 0 Å². The molecule has 0 spiro atoms. The molecule has 0 aromatic carbocycles. The van der Waals surface area contributed by atoms with Gasteiger partial charge in [0, 0.05) is 19.1 Å². The summed E-state index contributed by atoms with van der Waals surface area (Å²) in [6, 6.07) is 0.637. The summed E-state index contributed by atoms with van der Waals surface area (Å²) in [6.07, 6.45) is 2.40. The van der Waals surface area contributed by atoms with Crippen LogP contribution in [-0.2, 0) is 0 Å². The van der Waals surface area contributed by atoms with Gasteiger partial charge in [-0.1, -0.05) is 27.7 Å². The maximum absolute atomic E-state index is 10.1. The zero-order chi connectivity index (χ0) is 11.6. The van der Waals surface area contributed by atoms with Crippen molar-refractivity contribution in [2.24, 2.45) is 11.3 Å². The predicted octanol–water partition coefficient (Wildman–Crippen LogP) is 2.51. The fourth-order valence-corrected chi connectivity index (χ4v) is 2.13. The van der Waals surface area contributed by atoms with Crippen molar-refractivity contribution >= 4 is 0 Å². The summed E-state index contributed by atoms with van der Waals surface area (Å²) in [5.74, 6) is 0.786. The summed E-state index contributed by atoms with van der Waals surface area (Å²) >= 11 is 0. The van der Waals surface area contributed by atoms with Gasteiger partial charge in [-0.25, -0.2) is 0 Å². The van der Waals surface area contributed by atoms with Gasteiger partial charge in [-0.3, -0.25) is 4.90 Å². The normalized spacial score (nSPS) is 31.6. The molecule has 1 rings (SSSR count). The molecular formula is C13H27NO. The van der Waals surface area contributed by atoms with Crippen molar-refractivity contribution in [2.75, 3.05) is 13.1 Å². The first-order chi connectivity index (χ1) is 6.80. The molecule has 0 aromatic rings. The van der Waals surface area contributed by atoms with Gasteiger partial charge in [-0.15, -0.1) is 0 Å². The molecule has 1 aliphatic rings. The van der Waals surface area contributed by atoms with Crippen LogP contribution in [0.25, 0.3) is 0 Å². The number of piperidine rings is 1. The van der Waals surface area contributed by atoms with Gasteiger partial charge >= 0.3 is 0 Å². The molecule has 2 nitrogen and oxygen atoms in total. The van der Waals surface area contributed by atoms with E-state index in [9.17, 15) is 5.11 Å². The molecule has 90 valence electrons. The lowest BCUT2D eigenvalue weighted by Gasteiger charge is -2.40. The Morgan fingerprint density at radius 2 is 1.87 bits per heavy atom. The first kappa shape index (κ1) is 13.0. The number of hydrogen-bond acceptors (Lipinski definition) is 2. The van der Waals surface area contributed by atoms with Crippen LogP contribution in [0.5, 0.6) is 0 Å². The zero-order valence-electron chi connectivity index (χ0n) is 11.0. The Morgan fingerprint density at radius 3 is 2.40 bits per heavy atom. The largest absolute Gasteiger partial charge is 0.391 e. The molecule has 0 saturated carbocycles. The van der Waals surface area contributed by atoms with E-state index in [0.717, 1.165) is 19.0 Å². The van der Waals surface area contributed by atoms with Gasteiger partial charge in [0.1, 0.15) is 0 Å². The van der Waals surface area contributed by atoms with Gasteiger partial charge < -0.3 is 5.11 Å². The van der Waals surface area contributed by atoms with E-state index in [2.05, 4.69) is 39.5 Å². The topological polar surface area (TPSA) is 23.5 Å². The summed E-state index contributed by atoms with van der Waals surface area (Å²) in [4.78, 5) is 2.45. The lowest BCUT2D eigenvalue weighted by atomic mass is 9.87. The Morgan fingerprint density at radius 1 is 1.27 bits per heavy atom. The van der Waals surface area contributed by atoms with E-state index in [4.69, 9.17) is 0 Å². The van der Waals surface area contributed by atoms with Crippen molar-refractivity contribution in [3.8, 4) is 0 Å². The Labute approximate surface area is 94.7 Å². The summed E-state index contributed by atoms with van der Waals surface area (Å²) in [7, 11) is 0. The van der Waals surface area contributed by atoms with Gasteiger partial charge in [0.05, 0.1) is 6.10 Å². The Bertz CT molecular complexity index is 197. The molecule has 1 fully saturated rings. The van der Waals surface area contributed by atoms with Crippen LogP contribution in [0.2, 0.25) is 0 Å². The molecule has 0 radical (unpaired) electrons. The molecule has 1 N–H and O–H groups in total.